The van der Waals surface area contributed by atoms with E-state index in [1.165, 1.54) is 15.6 Å². The van der Waals surface area contributed by atoms with Crippen molar-refractivity contribution in [3.05, 3.63) is 33.8 Å². The lowest BCUT2D eigenvalue weighted by molar-refractivity contribution is 0.424. The molecule has 0 aromatic heterocycles. The Morgan fingerprint density at radius 3 is 2.43 bits per heavy atom. The lowest BCUT2D eigenvalue weighted by Crippen LogP contribution is -2.35. The fourth-order valence-electron chi connectivity index (χ4n) is 1.18. The SMILES string of the molecule is Cc1cc(CNC(C)(C)C)ccc1Br. The highest BCUT2D eigenvalue weighted by atomic mass is 79.9. The number of aryl methyl sites for hydroxylation is 1. The summed E-state index contributed by atoms with van der Waals surface area (Å²) >= 11 is 3.50. The molecule has 0 aliphatic carbocycles. The van der Waals surface area contributed by atoms with E-state index in [4.69, 9.17) is 0 Å². The topological polar surface area (TPSA) is 12.0 Å². The van der Waals surface area contributed by atoms with Crippen molar-refractivity contribution < 1.29 is 0 Å². The molecule has 0 saturated heterocycles. The second kappa shape index (κ2) is 4.45. The zero-order valence-corrected chi connectivity index (χ0v) is 10.9. The summed E-state index contributed by atoms with van der Waals surface area (Å²) in [6, 6.07) is 6.47. The van der Waals surface area contributed by atoms with Crippen molar-refractivity contribution in [2.45, 2.75) is 39.8 Å². The Morgan fingerprint density at radius 1 is 1.29 bits per heavy atom. The van der Waals surface area contributed by atoms with Crippen molar-refractivity contribution in [2.75, 3.05) is 0 Å². The van der Waals surface area contributed by atoms with Gasteiger partial charge >= 0.3 is 0 Å². The third-order valence-electron chi connectivity index (χ3n) is 2.05. The van der Waals surface area contributed by atoms with E-state index < -0.39 is 0 Å². The van der Waals surface area contributed by atoms with E-state index in [1.54, 1.807) is 0 Å². The third-order valence-corrected chi connectivity index (χ3v) is 2.93. The van der Waals surface area contributed by atoms with Gasteiger partial charge in [0.25, 0.3) is 0 Å². The molecule has 1 nitrogen and oxygen atoms in total. The van der Waals surface area contributed by atoms with Gasteiger partial charge in [-0.25, -0.2) is 0 Å². The van der Waals surface area contributed by atoms with Crippen LogP contribution in [-0.2, 0) is 6.54 Å². The van der Waals surface area contributed by atoms with Gasteiger partial charge in [-0.1, -0.05) is 28.1 Å². The second-order valence-electron chi connectivity index (χ2n) is 4.69. The monoisotopic (exact) mass is 255 g/mol. The molecule has 0 aliphatic rings. The van der Waals surface area contributed by atoms with Crippen LogP contribution in [0, 0.1) is 6.92 Å². The van der Waals surface area contributed by atoms with Crippen LogP contribution in [0.4, 0.5) is 0 Å². The van der Waals surface area contributed by atoms with Crippen LogP contribution in [0.5, 0.6) is 0 Å². The molecule has 0 bridgehead atoms. The van der Waals surface area contributed by atoms with Crippen molar-refractivity contribution in [1.29, 1.82) is 0 Å². The van der Waals surface area contributed by atoms with E-state index in [2.05, 4.69) is 67.1 Å². The van der Waals surface area contributed by atoms with Gasteiger partial charge in [0, 0.05) is 16.6 Å². The Balaban J connectivity index is 2.65. The van der Waals surface area contributed by atoms with Gasteiger partial charge in [0.1, 0.15) is 0 Å². The van der Waals surface area contributed by atoms with Crippen molar-refractivity contribution in [3.8, 4) is 0 Å². The first-order valence-corrected chi connectivity index (χ1v) is 5.68. The molecule has 0 radical (unpaired) electrons. The van der Waals surface area contributed by atoms with Crippen LogP contribution in [-0.4, -0.2) is 5.54 Å². The average molecular weight is 256 g/mol. The predicted molar refractivity (Wildman–Crippen MR) is 65.5 cm³/mol. The summed E-state index contributed by atoms with van der Waals surface area (Å²) in [6.45, 7) is 9.58. The Hall–Kier alpha value is -0.340. The zero-order chi connectivity index (χ0) is 10.8. The van der Waals surface area contributed by atoms with E-state index in [9.17, 15) is 0 Å². The van der Waals surface area contributed by atoms with E-state index in [1.807, 2.05) is 0 Å². The van der Waals surface area contributed by atoms with E-state index in [0.717, 1.165) is 6.54 Å². The van der Waals surface area contributed by atoms with Gasteiger partial charge < -0.3 is 5.32 Å². The third kappa shape index (κ3) is 3.81. The molecule has 0 saturated carbocycles. The van der Waals surface area contributed by atoms with Crippen molar-refractivity contribution in [3.63, 3.8) is 0 Å². The second-order valence-corrected chi connectivity index (χ2v) is 5.54. The number of hydrogen-bond acceptors (Lipinski definition) is 1. The van der Waals surface area contributed by atoms with E-state index in [0.29, 0.717) is 0 Å². The highest BCUT2D eigenvalue weighted by molar-refractivity contribution is 9.10. The average Bonchev–Trinajstić information content (AvgIpc) is 2.06. The molecular formula is C12H18BrN. The van der Waals surface area contributed by atoms with Crippen LogP contribution in [0.1, 0.15) is 31.9 Å². The van der Waals surface area contributed by atoms with E-state index in [-0.39, 0.29) is 5.54 Å². The molecule has 0 spiro atoms. The molecular weight excluding hydrogens is 238 g/mol. The molecule has 0 heterocycles. The molecule has 1 aromatic carbocycles. The molecule has 0 atom stereocenters. The van der Waals surface area contributed by atoms with Gasteiger partial charge in [-0.2, -0.15) is 0 Å². The van der Waals surface area contributed by atoms with Gasteiger partial charge in [-0.15, -0.1) is 0 Å². The van der Waals surface area contributed by atoms with Crippen LogP contribution in [0.2, 0.25) is 0 Å². The number of nitrogens with one attached hydrogen (secondary N) is 1. The molecule has 0 unspecified atom stereocenters. The molecule has 1 aromatic rings. The van der Waals surface area contributed by atoms with E-state index >= 15 is 0 Å². The molecule has 0 amide bonds. The first kappa shape index (κ1) is 11.7. The number of halogens is 1. The highest BCUT2D eigenvalue weighted by Crippen LogP contribution is 2.17. The molecule has 0 fully saturated rings. The first-order chi connectivity index (χ1) is 6.38. The van der Waals surface area contributed by atoms with Gasteiger partial charge in [-0.05, 0) is 44.9 Å². The Morgan fingerprint density at radius 2 is 1.93 bits per heavy atom. The van der Waals surface area contributed by atoms with Crippen LogP contribution < -0.4 is 5.32 Å². The highest BCUT2D eigenvalue weighted by Gasteiger charge is 2.08. The first-order valence-electron chi connectivity index (χ1n) is 4.88. The Bertz CT molecular complexity index is 313. The largest absolute Gasteiger partial charge is 0.308 e. The standard InChI is InChI=1S/C12H18BrN/c1-9-7-10(5-6-11(9)13)8-14-12(2,3)4/h5-7,14H,8H2,1-4H3. The van der Waals surface area contributed by atoms with Crippen LogP contribution in [0.15, 0.2) is 22.7 Å². The minimum absolute atomic E-state index is 0.182. The summed E-state index contributed by atoms with van der Waals surface area (Å²) in [6.07, 6.45) is 0. The summed E-state index contributed by atoms with van der Waals surface area (Å²) < 4.78 is 1.18. The quantitative estimate of drug-likeness (QED) is 0.851. The lowest BCUT2D eigenvalue weighted by atomic mass is 10.1. The fraction of sp³-hybridized carbons (Fsp3) is 0.500. The molecule has 78 valence electrons. The minimum Gasteiger partial charge on any atom is -0.308 e. The fourth-order valence-corrected chi connectivity index (χ4v) is 1.43. The van der Waals surface area contributed by atoms with Crippen LogP contribution in [0.25, 0.3) is 0 Å². The van der Waals surface area contributed by atoms with Crippen LogP contribution >= 0.6 is 15.9 Å². The smallest absolute Gasteiger partial charge is 0.0210 e. The summed E-state index contributed by atoms with van der Waals surface area (Å²) in [4.78, 5) is 0. The zero-order valence-electron chi connectivity index (χ0n) is 9.32. The summed E-state index contributed by atoms with van der Waals surface area (Å²) in [5, 5.41) is 3.47. The predicted octanol–water partition coefficient (Wildman–Crippen LogP) is 3.65. The maximum Gasteiger partial charge on any atom is 0.0210 e. The summed E-state index contributed by atoms with van der Waals surface area (Å²) in [5.74, 6) is 0. The number of hydrogen-bond donors (Lipinski definition) is 1. The minimum atomic E-state index is 0.182. The van der Waals surface area contributed by atoms with Gasteiger partial charge in [0.05, 0.1) is 0 Å². The maximum absolute atomic E-state index is 3.50. The molecule has 2 heteroatoms. The van der Waals surface area contributed by atoms with Gasteiger partial charge in [0.15, 0.2) is 0 Å². The Labute approximate surface area is 95.0 Å². The summed E-state index contributed by atoms with van der Waals surface area (Å²) in [5.41, 5.74) is 2.81. The molecule has 1 rings (SSSR count). The maximum atomic E-state index is 3.50. The Kier molecular flexibility index (Phi) is 3.73. The van der Waals surface area contributed by atoms with Gasteiger partial charge in [0.2, 0.25) is 0 Å². The normalized spacial score (nSPS) is 11.8. The number of benzene rings is 1. The van der Waals surface area contributed by atoms with Crippen LogP contribution in [0.3, 0.4) is 0 Å². The van der Waals surface area contributed by atoms with Gasteiger partial charge in [-0.3, -0.25) is 0 Å². The lowest BCUT2D eigenvalue weighted by Gasteiger charge is -2.20. The molecule has 14 heavy (non-hydrogen) atoms. The molecule has 0 aliphatic heterocycles. The van der Waals surface area contributed by atoms with Crippen molar-refractivity contribution in [2.24, 2.45) is 0 Å². The van der Waals surface area contributed by atoms with Crippen molar-refractivity contribution in [1.82, 2.24) is 5.32 Å². The van der Waals surface area contributed by atoms with Crippen molar-refractivity contribution >= 4 is 15.9 Å². The molecule has 1 N–H and O–H groups in total. The summed E-state index contributed by atoms with van der Waals surface area (Å²) in [7, 11) is 0. The number of rotatable bonds is 2.